The minimum absolute atomic E-state index is 0.0551. The summed E-state index contributed by atoms with van der Waals surface area (Å²) in [4.78, 5) is 21.2. The van der Waals surface area contributed by atoms with Crippen LogP contribution in [0.5, 0.6) is 5.75 Å². The number of aromatic nitrogens is 1. The van der Waals surface area contributed by atoms with E-state index in [0.717, 1.165) is 37.3 Å². The summed E-state index contributed by atoms with van der Waals surface area (Å²) in [5, 5.41) is 1.05. The van der Waals surface area contributed by atoms with Crippen molar-refractivity contribution in [3.63, 3.8) is 0 Å². The molecule has 1 amide bonds. The third-order valence-corrected chi connectivity index (χ3v) is 6.51. The molecule has 1 atom stereocenters. The molecule has 2 heterocycles. The number of likely N-dealkylation sites (N-methyl/N-ethyl adjacent to an activating group) is 1. The lowest BCUT2D eigenvalue weighted by Crippen LogP contribution is -2.47. The second-order valence-corrected chi connectivity index (χ2v) is 8.99. The van der Waals surface area contributed by atoms with Gasteiger partial charge in [0, 0.05) is 59.1 Å². The molecule has 1 aliphatic heterocycles. The Balaban J connectivity index is 1.52. The van der Waals surface area contributed by atoms with Gasteiger partial charge in [0.05, 0.1) is 0 Å². The van der Waals surface area contributed by atoms with E-state index < -0.39 is 6.10 Å². The van der Waals surface area contributed by atoms with Crippen LogP contribution in [0.15, 0.2) is 54.7 Å². The molecule has 0 spiro atoms. The second-order valence-electron chi connectivity index (χ2n) is 8.18. The first-order valence-corrected chi connectivity index (χ1v) is 11.5. The third kappa shape index (κ3) is 5.24. The molecule has 2 N–H and O–H groups in total. The number of anilines is 1. The largest absolute Gasteiger partial charge is 0.482 e. The van der Waals surface area contributed by atoms with Crippen LogP contribution in [0.1, 0.15) is 28.9 Å². The highest BCUT2D eigenvalue weighted by atomic mass is 35.5. The minimum atomic E-state index is -0.422. The summed E-state index contributed by atoms with van der Waals surface area (Å²) >= 11 is 12.6. The number of hydrogen-bond donors (Lipinski definition) is 1. The van der Waals surface area contributed by atoms with Crippen LogP contribution in [-0.4, -0.2) is 53.9 Å². The van der Waals surface area contributed by atoms with Crippen LogP contribution in [-0.2, 0) is 0 Å². The first-order chi connectivity index (χ1) is 15.8. The maximum absolute atomic E-state index is 12.8. The van der Waals surface area contributed by atoms with E-state index in [4.69, 9.17) is 33.7 Å². The average molecular weight is 485 g/mol. The molecule has 0 radical (unpaired) electrons. The van der Waals surface area contributed by atoms with Crippen molar-refractivity contribution in [1.29, 1.82) is 0 Å². The maximum Gasteiger partial charge on any atom is 0.253 e. The number of amides is 1. The number of carbonyl (C=O) groups excluding carboxylic acids is 1. The highest BCUT2D eigenvalue weighted by Gasteiger charge is 2.21. The summed E-state index contributed by atoms with van der Waals surface area (Å²) < 4.78 is 6.08. The summed E-state index contributed by atoms with van der Waals surface area (Å²) in [6, 6.07) is 14.7. The van der Waals surface area contributed by atoms with Gasteiger partial charge in [-0.1, -0.05) is 41.4 Å². The molecule has 3 aromatic rings. The van der Waals surface area contributed by atoms with E-state index in [9.17, 15) is 4.79 Å². The smallest absolute Gasteiger partial charge is 0.253 e. The Morgan fingerprint density at radius 3 is 2.30 bits per heavy atom. The SMILES string of the molecule is CC(Oc1cc(-c2ccc(C(=O)N3CCN(C)CC3)cc2)cnc1N)c1c(Cl)cccc1Cl. The number of nitrogen functional groups attached to an aromatic ring is 1. The Hall–Kier alpha value is -2.80. The van der Waals surface area contributed by atoms with Gasteiger partial charge in [0.1, 0.15) is 6.10 Å². The van der Waals surface area contributed by atoms with Gasteiger partial charge in [0.25, 0.3) is 5.91 Å². The zero-order valence-electron chi connectivity index (χ0n) is 18.6. The second kappa shape index (κ2) is 10.00. The molecule has 2 aromatic carbocycles. The van der Waals surface area contributed by atoms with Crippen molar-refractivity contribution >= 4 is 34.9 Å². The summed E-state index contributed by atoms with van der Waals surface area (Å²) in [6.07, 6.45) is 1.27. The Morgan fingerprint density at radius 2 is 1.67 bits per heavy atom. The van der Waals surface area contributed by atoms with E-state index in [2.05, 4.69) is 16.9 Å². The van der Waals surface area contributed by atoms with E-state index in [1.807, 2.05) is 42.2 Å². The summed E-state index contributed by atoms with van der Waals surface area (Å²) in [7, 11) is 2.07. The van der Waals surface area contributed by atoms with Gasteiger partial charge in [-0.05, 0) is 49.9 Å². The van der Waals surface area contributed by atoms with Gasteiger partial charge in [-0.3, -0.25) is 4.79 Å². The molecule has 0 aliphatic carbocycles. The molecule has 172 valence electrons. The minimum Gasteiger partial charge on any atom is -0.482 e. The molecular weight excluding hydrogens is 459 g/mol. The molecule has 4 rings (SSSR count). The van der Waals surface area contributed by atoms with E-state index >= 15 is 0 Å². The number of pyridine rings is 1. The fourth-order valence-corrected chi connectivity index (χ4v) is 4.56. The van der Waals surface area contributed by atoms with Crippen molar-refractivity contribution < 1.29 is 9.53 Å². The highest BCUT2D eigenvalue weighted by molar-refractivity contribution is 6.36. The van der Waals surface area contributed by atoms with Crippen molar-refractivity contribution in [2.45, 2.75) is 13.0 Å². The number of ether oxygens (including phenoxy) is 1. The fourth-order valence-electron chi connectivity index (χ4n) is 3.85. The molecular formula is C25H26Cl2N4O2. The molecule has 1 unspecified atom stereocenters. The first-order valence-electron chi connectivity index (χ1n) is 10.8. The van der Waals surface area contributed by atoms with Gasteiger partial charge in [-0.2, -0.15) is 0 Å². The number of halogens is 2. The van der Waals surface area contributed by atoms with Gasteiger partial charge in [0.15, 0.2) is 11.6 Å². The number of carbonyl (C=O) groups is 1. The van der Waals surface area contributed by atoms with Gasteiger partial charge >= 0.3 is 0 Å². The molecule has 1 saturated heterocycles. The van der Waals surface area contributed by atoms with E-state index in [-0.39, 0.29) is 11.7 Å². The molecule has 1 aliphatic rings. The van der Waals surface area contributed by atoms with Crippen LogP contribution in [0, 0.1) is 0 Å². The molecule has 33 heavy (non-hydrogen) atoms. The van der Waals surface area contributed by atoms with Crippen molar-refractivity contribution in [1.82, 2.24) is 14.8 Å². The molecule has 6 nitrogen and oxygen atoms in total. The van der Waals surface area contributed by atoms with Crippen molar-refractivity contribution in [2.24, 2.45) is 0 Å². The van der Waals surface area contributed by atoms with Gasteiger partial charge in [-0.25, -0.2) is 4.98 Å². The molecule has 1 fully saturated rings. The summed E-state index contributed by atoms with van der Waals surface area (Å²) in [5.41, 5.74) is 9.17. The van der Waals surface area contributed by atoms with Gasteiger partial charge < -0.3 is 20.3 Å². The monoisotopic (exact) mass is 484 g/mol. The van der Waals surface area contributed by atoms with E-state index in [1.54, 1.807) is 24.4 Å². The lowest BCUT2D eigenvalue weighted by atomic mass is 10.0. The van der Waals surface area contributed by atoms with Gasteiger partial charge in [0.2, 0.25) is 0 Å². The van der Waals surface area contributed by atoms with Crippen LogP contribution in [0.2, 0.25) is 10.0 Å². The zero-order chi connectivity index (χ0) is 23.5. The standard InChI is InChI=1S/C25H26Cl2N4O2/c1-16(23-20(26)4-3-5-21(23)27)33-22-14-19(15-29-24(22)28)17-6-8-18(9-7-17)25(32)31-12-10-30(2)11-13-31/h3-9,14-16H,10-13H2,1-2H3,(H2,28,29). The van der Waals surface area contributed by atoms with Crippen LogP contribution >= 0.6 is 23.2 Å². The number of nitrogens with two attached hydrogens (primary N) is 1. The van der Waals surface area contributed by atoms with Crippen LogP contribution in [0.3, 0.4) is 0 Å². The molecule has 0 bridgehead atoms. The fraction of sp³-hybridized carbons (Fsp3) is 0.280. The van der Waals surface area contributed by atoms with Crippen molar-refractivity contribution in [2.75, 3.05) is 39.0 Å². The Kier molecular flexibility index (Phi) is 7.08. The van der Waals surface area contributed by atoms with Crippen LogP contribution in [0.4, 0.5) is 5.82 Å². The highest BCUT2D eigenvalue weighted by Crippen LogP contribution is 2.35. The first kappa shape index (κ1) is 23.4. The summed E-state index contributed by atoms with van der Waals surface area (Å²) in [6.45, 7) is 5.13. The Bertz CT molecular complexity index is 1130. The number of piperazine rings is 1. The molecule has 8 heteroatoms. The normalized spacial score (nSPS) is 15.3. The predicted octanol–water partition coefficient (Wildman–Crippen LogP) is 5.17. The van der Waals surface area contributed by atoms with Crippen LogP contribution < -0.4 is 10.5 Å². The van der Waals surface area contributed by atoms with Crippen LogP contribution in [0.25, 0.3) is 11.1 Å². The quantitative estimate of drug-likeness (QED) is 0.540. The lowest BCUT2D eigenvalue weighted by Gasteiger charge is -2.32. The maximum atomic E-state index is 12.8. The van der Waals surface area contributed by atoms with E-state index in [1.165, 1.54) is 0 Å². The summed E-state index contributed by atoms with van der Waals surface area (Å²) in [5.74, 6) is 0.767. The molecule has 1 aromatic heterocycles. The van der Waals surface area contributed by atoms with Crippen molar-refractivity contribution in [3.8, 4) is 16.9 Å². The number of benzene rings is 2. The van der Waals surface area contributed by atoms with E-state index in [0.29, 0.717) is 26.9 Å². The molecule has 0 saturated carbocycles. The number of nitrogens with zero attached hydrogens (tertiary/aromatic N) is 3. The Morgan fingerprint density at radius 1 is 1.03 bits per heavy atom. The number of rotatable bonds is 5. The number of hydrogen-bond acceptors (Lipinski definition) is 5. The van der Waals surface area contributed by atoms with Crippen molar-refractivity contribution in [3.05, 3.63) is 75.9 Å². The predicted molar refractivity (Wildman–Crippen MR) is 133 cm³/mol. The topological polar surface area (TPSA) is 71.7 Å². The Labute approximate surface area is 203 Å². The third-order valence-electron chi connectivity index (χ3n) is 5.85. The zero-order valence-corrected chi connectivity index (χ0v) is 20.1. The lowest BCUT2D eigenvalue weighted by molar-refractivity contribution is 0.0664. The average Bonchev–Trinajstić information content (AvgIpc) is 2.80. The van der Waals surface area contributed by atoms with Gasteiger partial charge in [-0.15, -0.1) is 0 Å².